The Kier molecular flexibility index (Phi) is 5.96. The van der Waals surface area contributed by atoms with E-state index >= 15 is 0 Å². The van der Waals surface area contributed by atoms with Gasteiger partial charge in [0.1, 0.15) is 0 Å². The van der Waals surface area contributed by atoms with E-state index in [4.69, 9.17) is 10.3 Å². The van der Waals surface area contributed by atoms with Crippen molar-refractivity contribution in [3.8, 4) is 0 Å². The molecule has 0 radical (unpaired) electrons. The number of carbonyl (C=O) groups is 1. The molecular weight excluding hydrogens is 172 g/mol. The molecule has 0 fully saturated rings. The van der Waals surface area contributed by atoms with Crippen LogP contribution in [0.25, 0.3) is 0 Å². The summed E-state index contributed by atoms with van der Waals surface area (Å²) in [5, 5.41) is 0. The Bertz CT molecular complexity index is 200. The van der Waals surface area contributed by atoms with E-state index in [-0.39, 0.29) is 0 Å². The second-order valence-corrected chi connectivity index (χ2v) is 3.39. The number of hydrogen-bond donors (Lipinski definition) is 3. The summed E-state index contributed by atoms with van der Waals surface area (Å²) >= 11 is 0. The quantitative estimate of drug-likeness (QED) is 0.420. The lowest BCUT2D eigenvalue weighted by Gasteiger charge is -1.91. The van der Waals surface area contributed by atoms with Gasteiger partial charge in [-0.15, -0.1) is 0 Å². The van der Waals surface area contributed by atoms with Crippen LogP contribution in [0.1, 0.15) is 6.92 Å². The van der Waals surface area contributed by atoms with Crippen LogP contribution in [-0.4, -0.2) is 31.2 Å². The average Bonchev–Trinajstić information content (AvgIpc) is 1.59. The molecule has 0 saturated carbocycles. The second-order valence-electron chi connectivity index (χ2n) is 1.92. The van der Waals surface area contributed by atoms with Gasteiger partial charge in [-0.1, -0.05) is 0 Å². The standard InChI is InChI=1S/C3H8N2O.CH4O3S/c1-2(4)3(5)6;1-5(2,3)4/h2H,4H2,1H3,(H2,5,6);1H3,(H,2,3,4)/t2-;/m0./s1. The van der Waals surface area contributed by atoms with E-state index in [2.05, 4.69) is 5.73 Å². The zero-order valence-corrected chi connectivity index (χ0v) is 7.13. The topological polar surface area (TPSA) is 123 Å². The molecule has 11 heavy (non-hydrogen) atoms. The molecule has 0 aliphatic rings. The van der Waals surface area contributed by atoms with Crippen LogP contribution in [0.3, 0.4) is 0 Å². The van der Waals surface area contributed by atoms with E-state index in [9.17, 15) is 13.2 Å². The van der Waals surface area contributed by atoms with Crippen LogP contribution in [0.15, 0.2) is 0 Å². The Balaban J connectivity index is 0. The van der Waals surface area contributed by atoms with E-state index in [1.165, 1.54) is 0 Å². The molecule has 0 aromatic rings. The zero-order valence-electron chi connectivity index (χ0n) is 6.31. The van der Waals surface area contributed by atoms with Gasteiger partial charge in [0.15, 0.2) is 0 Å². The lowest BCUT2D eigenvalue weighted by molar-refractivity contribution is -0.118. The number of carbonyl (C=O) groups excluding carboxylic acids is 1. The summed E-state index contributed by atoms with van der Waals surface area (Å²) in [4.78, 5) is 9.80. The predicted molar refractivity (Wildman–Crippen MR) is 40.3 cm³/mol. The Morgan fingerprint density at radius 2 is 1.64 bits per heavy atom. The summed E-state index contributed by atoms with van der Waals surface area (Å²) in [6.45, 7) is 1.54. The minimum absolute atomic E-state index is 0.463. The van der Waals surface area contributed by atoms with E-state index < -0.39 is 22.1 Å². The molecule has 68 valence electrons. The van der Waals surface area contributed by atoms with Crippen LogP contribution in [-0.2, 0) is 14.9 Å². The van der Waals surface area contributed by atoms with Crippen molar-refractivity contribution in [1.82, 2.24) is 0 Å². The first kappa shape index (κ1) is 13.0. The summed E-state index contributed by atoms with van der Waals surface area (Å²) in [6, 6.07) is -0.509. The Labute approximate surface area is 65.3 Å². The molecule has 0 aromatic carbocycles. The SMILES string of the molecule is CS(=O)(=O)O.C[C@H](N)C(N)=O. The van der Waals surface area contributed by atoms with Crippen LogP contribution in [0.4, 0.5) is 0 Å². The van der Waals surface area contributed by atoms with Gasteiger partial charge in [-0.2, -0.15) is 8.42 Å². The third-order valence-electron chi connectivity index (χ3n) is 0.449. The molecular formula is C4H12N2O4S. The first-order valence-corrected chi connectivity index (χ1v) is 4.46. The predicted octanol–water partition coefficient (Wildman–Crippen LogP) is -1.68. The van der Waals surface area contributed by atoms with E-state index in [0.717, 1.165) is 0 Å². The Morgan fingerprint density at radius 1 is 1.55 bits per heavy atom. The molecule has 7 heteroatoms. The van der Waals surface area contributed by atoms with Crippen molar-refractivity contribution >= 4 is 16.0 Å². The highest BCUT2D eigenvalue weighted by Crippen LogP contribution is 1.64. The van der Waals surface area contributed by atoms with Gasteiger partial charge < -0.3 is 11.5 Å². The molecule has 0 spiro atoms. The van der Waals surface area contributed by atoms with Crippen LogP contribution < -0.4 is 11.5 Å². The van der Waals surface area contributed by atoms with Crippen molar-refractivity contribution in [2.45, 2.75) is 13.0 Å². The number of hydrogen-bond acceptors (Lipinski definition) is 4. The fourth-order valence-corrected chi connectivity index (χ4v) is 0. The summed E-state index contributed by atoms with van der Waals surface area (Å²) in [7, 11) is -3.67. The largest absolute Gasteiger partial charge is 0.368 e. The molecule has 0 aliphatic carbocycles. The third kappa shape index (κ3) is 45.1. The van der Waals surface area contributed by atoms with E-state index in [1.54, 1.807) is 6.92 Å². The van der Waals surface area contributed by atoms with E-state index in [1.807, 2.05) is 0 Å². The smallest absolute Gasteiger partial charge is 0.261 e. The number of rotatable bonds is 1. The first-order valence-electron chi connectivity index (χ1n) is 2.62. The van der Waals surface area contributed by atoms with Crippen molar-refractivity contribution < 1.29 is 17.8 Å². The van der Waals surface area contributed by atoms with Crippen molar-refractivity contribution in [2.24, 2.45) is 11.5 Å². The van der Waals surface area contributed by atoms with Gasteiger partial charge in [-0.3, -0.25) is 9.35 Å². The molecule has 0 heterocycles. The van der Waals surface area contributed by atoms with Gasteiger partial charge in [-0.25, -0.2) is 0 Å². The summed E-state index contributed by atoms with van der Waals surface area (Å²) < 4.78 is 25.9. The monoisotopic (exact) mass is 184 g/mol. The molecule has 1 amide bonds. The zero-order chi connectivity index (χ0) is 9.65. The molecule has 0 rings (SSSR count). The fourth-order valence-electron chi connectivity index (χ4n) is 0. The summed E-state index contributed by atoms with van der Waals surface area (Å²) in [5.41, 5.74) is 9.63. The van der Waals surface area contributed by atoms with Gasteiger partial charge in [0, 0.05) is 0 Å². The highest BCUT2D eigenvalue weighted by atomic mass is 32.2. The summed E-state index contributed by atoms with van der Waals surface area (Å²) in [6.07, 6.45) is 0.715. The number of amides is 1. The highest BCUT2D eigenvalue weighted by molar-refractivity contribution is 7.85. The maximum Gasteiger partial charge on any atom is 0.261 e. The van der Waals surface area contributed by atoms with Crippen LogP contribution in [0.5, 0.6) is 0 Å². The maximum atomic E-state index is 9.80. The molecule has 0 bridgehead atoms. The first-order chi connectivity index (χ1) is 4.64. The van der Waals surface area contributed by atoms with Crippen molar-refractivity contribution in [3.63, 3.8) is 0 Å². The molecule has 0 aliphatic heterocycles. The molecule has 0 unspecified atom stereocenters. The lowest BCUT2D eigenvalue weighted by atomic mass is 10.4. The van der Waals surface area contributed by atoms with Crippen molar-refractivity contribution in [1.29, 1.82) is 0 Å². The van der Waals surface area contributed by atoms with Crippen molar-refractivity contribution in [3.05, 3.63) is 0 Å². The van der Waals surface area contributed by atoms with Gasteiger partial charge >= 0.3 is 0 Å². The number of primary amides is 1. The maximum absolute atomic E-state index is 9.80. The minimum atomic E-state index is -3.67. The molecule has 1 atom stereocenters. The Morgan fingerprint density at radius 3 is 1.64 bits per heavy atom. The lowest BCUT2D eigenvalue weighted by Crippen LogP contribution is -2.32. The minimum Gasteiger partial charge on any atom is -0.368 e. The fraction of sp³-hybridized carbons (Fsp3) is 0.750. The molecule has 0 saturated heterocycles. The van der Waals surface area contributed by atoms with Crippen molar-refractivity contribution in [2.75, 3.05) is 6.26 Å². The van der Waals surface area contributed by atoms with E-state index in [0.29, 0.717) is 6.26 Å². The normalized spacial score (nSPS) is 12.7. The average molecular weight is 184 g/mol. The second kappa shape index (κ2) is 5.05. The molecule has 5 N–H and O–H groups in total. The third-order valence-corrected chi connectivity index (χ3v) is 0.449. The van der Waals surface area contributed by atoms with Crippen LogP contribution >= 0.6 is 0 Å². The van der Waals surface area contributed by atoms with Crippen LogP contribution in [0, 0.1) is 0 Å². The molecule has 6 nitrogen and oxygen atoms in total. The highest BCUT2D eigenvalue weighted by Gasteiger charge is 1.96. The summed E-state index contributed by atoms with van der Waals surface area (Å²) in [5.74, 6) is -0.463. The number of nitrogens with two attached hydrogens (primary N) is 2. The van der Waals surface area contributed by atoms with Gasteiger partial charge in [-0.05, 0) is 6.92 Å². The molecule has 0 aromatic heterocycles. The Hall–Kier alpha value is -0.660. The van der Waals surface area contributed by atoms with Gasteiger partial charge in [0.2, 0.25) is 5.91 Å². The van der Waals surface area contributed by atoms with Gasteiger partial charge in [0.25, 0.3) is 10.1 Å². The van der Waals surface area contributed by atoms with Crippen LogP contribution in [0.2, 0.25) is 0 Å². The van der Waals surface area contributed by atoms with Gasteiger partial charge in [0.05, 0.1) is 12.3 Å².